The molecule has 0 atom stereocenters. The molecule has 0 saturated carbocycles. The Morgan fingerprint density at radius 1 is 1.25 bits per heavy atom. The van der Waals surface area contributed by atoms with E-state index >= 15 is 0 Å². The SMILES string of the molecule is CCCCOc1ccc(NC(=O)CC)c(C(C)(C)C)c1. The van der Waals surface area contributed by atoms with Crippen LogP contribution in [0.2, 0.25) is 0 Å². The summed E-state index contributed by atoms with van der Waals surface area (Å²) in [5.74, 6) is 0.910. The Labute approximate surface area is 122 Å². The highest BCUT2D eigenvalue weighted by Gasteiger charge is 2.19. The molecule has 1 amide bonds. The highest BCUT2D eigenvalue weighted by atomic mass is 16.5. The molecule has 1 rings (SSSR count). The molecule has 3 heteroatoms. The zero-order valence-corrected chi connectivity index (χ0v) is 13.4. The highest BCUT2D eigenvalue weighted by Crippen LogP contribution is 2.33. The number of anilines is 1. The van der Waals surface area contributed by atoms with Crippen molar-refractivity contribution in [2.24, 2.45) is 0 Å². The second-order valence-electron chi connectivity index (χ2n) is 6.06. The van der Waals surface area contributed by atoms with Crippen LogP contribution in [-0.2, 0) is 10.2 Å². The number of unbranched alkanes of at least 4 members (excludes halogenated alkanes) is 1. The molecule has 20 heavy (non-hydrogen) atoms. The number of benzene rings is 1. The molecule has 1 aromatic rings. The quantitative estimate of drug-likeness (QED) is 0.777. The Bertz CT molecular complexity index is 447. The van der Waals surface area contributed by atoms with Gasteiger partial charge < -0.3 is 10.1 Å². The Balaban J connectivity index is 2.98. The largest absolute Gasteiger partial charge is 0.494 e. The van der Waals surface area contributed by atoms with E-state index in [1.165, 1.54) is 0 Å². The molecule has 0 aliphatic carbocycles. The summed E-state index contributed by atoms with van der Waals surface area (Å²) in [5, 5.41) is 2.97. The van der Waals surface area contributed by atoms with Gasteiger partial charge in [-0.1, -0.05) is 41.0 Å². The Kier molecular flexibility index (Phi) is 6.05. The fourth-order valence-corrected chi connectivity index (χ4v) is 1.92. The van der Waals surface area contributed by atoms with Crippen molar-refractivity contribution in [2.75, 3.05) is 11.9 Å². The molecule has 0 heterocycles. The Morgan fingerprint density at radius 3 is 2.50 bits per heavy atom. The summed E-state index contributed by atoms with van der Waals surface area (Å²) in [6, 6.07) is 5.91. The topological polar surface area (TPSA) is 38.3 Å². The molecule has 112 valence electrons. The second-order valence-corrected chi connectivity index (χ2v) is 6.06. The molecular formula is C17H27NO2. The van der Waals surface area contributed by atoms with Gasteiger partial charge in [0.2, 0.25) is 5.91 Å². The molecule has 0 radical (unpaired) electrons. The first-order valence-electron chi connectivity index (χ1n) is 7.45. The van der Waals surface area contributed by atoms with Crippen molar-refractivity contribution in [1.82, 2.24) is 0 Å². The number of amides is 1. The third-order valence-electron chi connectivity index (χ3n) is 3.16. The van der Waals surface area contributed by atoms with Crippen LogP contribution in [0.15, 0.2) is 18.2 Å². The zero-order chi connectivity index (χ0) is 15.2. The number of hydrogen-bond acceptors (Lipinski definition) is 2. The van der Waals surface area contributed by atoms with E-state index in [0.717, 1.165) is 36.4 Å². The van der Waals surface area contributed by atoms with Crippen molar-refractivity contribution in [3.8, 4) is 5.75 Å². The lowest BCUT2D eigenvalue weighted by molar-refractivity contribution is -0.115. The molecule has 1 aromatic carbocycles. The van der Waals surface area contributed by atoms with E-state index in [1.807, 2.05) is 25.1 Å². The van der Waals surface area contributed by atoms with Gasteiger partial charge in [-0.25, -0.2) is 0 Å². The minimum absolute atomic E-state index is 0.0372. The molecule has 1 N–H and O–H groups in total. The lowest BCUT2D eigenvalue weighted by Crippen LogP contribution is -2.18. The molecule has 0 aliphatic rings. The molecule has 0 unspecified atom stereocenters. The number of carbonyl (C=O) groups is 1. The summed E-state index contributed by atoms with van der Waals surface area (Å²) in [6.07, 6.45) is 2.66. The van der Waals surface area contributed by atoms with E-state index in [2.05, 4.69) is 33.0 Å². The normalized spacial score (nSPS) is 11.2. The van der Waals surface area contributed by atoms with Crippen molar-refractivity contribution >= 4 is 11.6 Å². The smallest absolute Gasteiger partial charge is 0.224 e. The number of carbonyl (C=O) groups excluding carboxylic acids is 1. The summed E-state index contributed by atoms with van der Waals surface area (Å²) in [4.78, 5) is 11.6. The van der Waals surface area contributed by atoms with Crippen LogP contribution in [-0.4, -0.2) is 12.5 Å². The summed E-state index contributed by atoms with van der Waals surface area (Å²) < 4.78 is 5.76. The van der Waals surface area contributed by atoms with Crippen LogP contribution in [0, 0.1) is 0 Å². The number of hydrogen-bond donors (Lipinski definition) is 1. The first kappa shape index (κ1) is 16.5. The Hall–Kier alpha value is -1.51. The van der Waals surface area contributed by atoms with E-state index in [0.29, 0.717) is 6.42 Å². The summed E-state index contributed by atoms with van der Waals surface area (Å²) in [6.45, 7) is 11.2. The van der Waals surface area contributed by atoms with E-state index in [1.54, 1.807) is 0 Å². The fourth-order valence-electron chi connectivity index (χ4n) is 1.92. The lowest BCUT2D eigenvalue weighted by atomic mass is 9.85. The van der Waals surface area contributed by atoms with Gasteiger partial charge in [0.05, 0.1) is 6.61 Å². The van der Waals surface area contributed by atoms with Gasteiger partial charge in [0.1, 0.15) is 5.75 Å². The molecule has 0 saturated heterocycles. The van der Waals surface area contributed by atoms with Crippen LogP contribution in [0.5, 0.6) is 5.75 Å². The van der Waals surface area contributed by atoms with Crippen LogP contribution in [0.1, 0.15) is 59.4 Å². The molecule has 0 fully saturated rings. The van der Waals surface area contributed by atoms with Crippen LogP contribution >= 0.6 is 0 Å². The molecule has 3 nitrogen and oxygen atoms in total. The summed E-state index contributed by atoms with van der Waals surface area (Å²) in [5.41, 5.74) is 1.95. The molecule has 0 aliphatic heterocycles. The predicted molar refractivity (Wildman–Crippen MR) is 84.5 cm³/mol. The van der Waals surface area contributed by atoms with Crippen molar-refractivity contribution < 1.29 is 9.53 Å². The maximum absolute atomic E-state index is 11.6. The molecule has 0 aromatic heterocycles. The number of rotatable bonds is 6. The van der Waals surface area contributed by atoms with Crippen LogP contribution < -0.4 is 10.1 Å². The first-order chi connectivity index (χ1) is 9.38. The molecular weight excluding hydrogens is 250 g/mol. The van der Waals surface area contributed by atoms with Crippen molar-refractivity contribution in [1.29, 1.82) is 0 Å². The van der Waals surface area contributed by atoms with Gasteiger partial charge >= 0.3 is 0 Å². The van der Waals surface area contributed by atoms with Crippen LogP contribution in [0.25, 0.3) is 0 Å². The first-order valence-corrected chi connectivity index (χ1v) is 7.45. The minimum atomic E-state index is -0.0412. The van der Waals surface area contributed by atoms with Crippen molar-refractivity contribution in [2.45, 2.75) is 59.3 Å². The predicted octanol–water partition coefficient (Wildman–Crippen LogP) is 4.51. The van der Waals surface area contributed by atoms with Crippen molar-refractivity contribution in [3.05, 3.63) is 23.8 Å². The van der Waals surface area contributed by atoms with Gasteiger partial charge in [-0.05, 0) is 35.6 Å². The average molecular weight is 277 g/mol. The average Bonchev–Trinajstić information content (AvgIpc) is 2.39. The van der Waals surface area contributed by atoms with Gasteiger partial charge in [0, 0.05) is 12.1 Å². The lowest BCUT2D eigenvalue weighted by Gasteiger charge is -2.24. The monoisotopic (exact) mass is 277 g/mol. The van der Waals surface area contributed by atoms with E-state index in [4.69, 9.17) is 4.74 Å². The number of nitrogens with one attached hydrogen (secondary N) is 1. The van der Waals surface area contributed by atoms with Crippen molar-refractivity contribution in [3.63, 3.8) is 0 Å². The van der Waals surface area contributed by atoms with E-state index in [9.17, 15) is 4.79 Å². The second kappa shape index (κ2) is 7.32. The summed E-state index contributed by atoms with van der Waals surface area (Å²) in [7, 11) is 0. The fraction of sp³-hybridized carbons (Fsp3) is 0.588. The third-order valence-corrected chi connectivity index (χ3v) is 3.16. The number of ether oxygens (including phenoxy) is 1. The van der Waals surface area contributed by atoms with Crippen LogP contribution in [0.4, 0.5) is 5.69 Å². The Morgan fingerprint density at radius 2 is 1.95 bits per heavy atom. The van der Waals surface area contributed by atoms with E-state index < -0.39 is 0 Å². The third kappa shape index (κ3) is 4.87. The maximum Gasteiger partial charge on any atom is 0.224 e. The molecule has 0 spiro atoms. The van der Waals surface area contributed by atoms with Gasteiger partial charge in [-0.2, -0.15) is 0 Å². The van der Waals surface area contributed by atoms with Gasteiger partial charge in [-0.3, -0.25) is 4.79 Å². The highest BCUT2D eigenvalue weighted by molar-refractivity contribution is 5.91. The standard InChI is InChI=1S/C17H27NO2/c1-6-8-11-20-13-9-10-15(18-16(19)7-2)14(12-13)17(3,4)5/h9-10,12H,6-8,11H2,1-5H3,(H,18,19). The van der Waals surface area contributed by atoms with Gasteiger partial charge in [0.25, 0.3) is 0 Å². The van der Waals surface area contributed by atoms with E-state index in [-0.39, 0.29) is 11.3 Å². The minimum Gasteiger partial charge on any atom is -0.494 e. The van der Waals surface area contributed by atoms with Crippen LogP contribution in [0.3, 0.4) is 0 Å². The zero-order valence-electron chi connectivity index (χ0n) is 13.4. The maximum atomic E-state index is 11.6. The summed E-state index contributed by atoms with van der Waals surface area (Å²) >= 11 is 0. The van der Waals surface area contributed by atoms with Gasteiger partial charge in [-0.15, -0.1) is 0 Å². The van der Waals surface area contributed by atoms with Gasteiger partial charge in [0.15, 0.2) is 0 Å². The molecule has 0 bridgehead atoms.